The predicted octanol–water partition coefficient (Wildman–Crippen LogP) is 3.24. The maximum absolute atomic E-state index is 13.5. The maximum atomic E-state index is 13.5. The van der Waals surface area contributed by atoms with Crippen molar-refractivity contribution in [1.82, 2.24) is 9.78 Å². The Morgan fingerprint density at radius 2 is 2.05 bits per heavy atom. The van der Waals surface area contributed by atoms with Gasteiger partial charge in [-0.25, -0.2) is 4.39 Å². The first-order chi connectivity index (χ1) is 9.52. The van der Waals surface area contributed by atoms with Gasteiger partial charge < -0.3 is 0 Å². The number of Topliss-reactive ketones (excluding diaryl/α,β-unsaturated/α-hetero) is 1. The highest BCUT2D eigenvalue weighted by Crippen LogP contribution is 2.22. The molecule has 2 rings (SSSR count). The average Bonchev–Trinajstić information content (AvgIpc) is 2.69. The normalized spacial score (nSPS) is 10.8. The molecule has 3 nitrogen and oxygen atoms in total. The fourth-order valence-corrected chi connectivity index (χ4v) is 2.87. The molecule has 1 aromatic carbocycles. The molecule has 0 N–H and O–H groups in total. The summed E-state index contributed by atoms with van der Waals surface area (Å²) in [6.45, 7) is 2.01. The molecule has 106 valence electrons. The molecule has 0 atom stereocenters. The molecule has 0 spiro atoms. The van der Waals surface area contributed by atoms with Crippen LogP contribution in [0.1, 0.15) is 23.9 Å². The van der Waals surface area contributed by atoms with E-state index >= 15 is 0 Å². The highest BCUT2D eigenvalue weighted by molar-refractivity contribution is 9.10. The number of nitrogens with zero attached hydrogens (tertiary/aromatic N) is 2. The molecule has 20 heavy (non-hydrogen) atoms. The Kier molecular flexibility index (Phi) is 4.70. The quantitative estimate of drug-likeness (QED) is 0.838. The van der Waals surface area contributed by atoms with Crippen LogP contribution < -0.4 is 0 Å². The lowest BCUT2D eigenvalue weighted by Gasteiger charge is -2.04. The van der Waals surface area contributed by atoms with Crippen LogP contribution in [0.4, 0.5) is 4.39 Å². The zero-order valence-electron chi connectivity index (χ0n) is 11.5. The van der Waals surface area contributed by atoms with Gasteiger partial charge in [-0.2, -0.15) is 5.10 Å². The fraction of sp³-hybridized carbons (Fsp3) is 0.333. The molecule has 0 aliphatic rings. The van der Waals surface area contributed by atoms with Crippen molar-refractivity contribution in [2.75, 3.05) is 0 Å². The highest BCUT2D eigenvalue weighted by Gasteiger charge is 2.16. The lowest BCUT2D eigenvalue weighted by Crippen LogP contribution is -2.11. The van der Waals surface area contributed by atoms with Gasteiger partial charge in [0.1, 0.15) is 11.6 Å². The van der Waals surface area contributed by atoms with E-state index in [0.717, 1.165) is 22.3 Å². The standard InChI is InChI=1S/C15H16BrFN2O/c1-3-13-15(16)14(19(2)18-13)9-11(20)8-10-6-4-5-7-12(10)17/h4-7H,3,8-9H2,1-2H3. The van der Waals surface area contributed by atoms with E-state index in [9.17, 15) is 9.18 Å². The number of carbonyl (C=O) groups excluding carboxylic acids is 1. The number of ketones is 1. The van der Waals surface area contributed by atoms with Gasteiger partial charge in [-0.05, 0) is 34.0 Å². The third-order valence-corrected chi connectivity index (χ3v) is 4.13. The molecule has 0 saturated carbocycles. The minimum absolute atomic E-state index is 0.0264. The lowest BCUT2D eigenvalue weighted by molar-refractivity contribution is -0.117. The van der Waals surface area contributed by atoms with Crippen molar-refractivity contribution < 1.29 is 9.18 Å². The van der Waals surface area contributed by atoms with Gasteiger partial charge in [0, 0.05) is 19.9 Å². The minimum atomic E-state index is -0.334. The van der Waals surface area contributed by atoms with Gasteiger partial charge in [-0.1, -0.05) is 25.1 Å². The van der Waals surface area contributed by atoms with Gasteiger partial charge in [-0.15, -0.1) is 0 Å². The van der Waals surface area contributed by atoms with Gasteiger partial charge in [0.05, 0.1) is 15.9 Å². The van der Waals surface area contributed by atoms with Crippen LogP contribution in [0, 0.1) is 5.82 Å². The molecule has 2 aromatic rings. The highest BCUT2D eigenvalue weighted by atomic mass is 79.9. The van der Waals surface area contributed by atoms with E-state index in [0.29, 0.717) is 5.56 Å². The van der Waals surface area contributed by atoms with Crippen LogP contribution in [0.25, 0.3) is 0 Å². The van der Waals surface area contributed by atoms with E-state index in [4.69, 9.17) is 0 Å². The molecular formula is C15H16BrFN2O. The minimum Gasteiger partial charge on any atom is -0.299 e. The van der Waals surface area contributed by atoms with E-state index in [1.165, 1.54) is 6.07 Å². The topological polar surface area (TPSA) is 34.9 Å². The molecule has 0 bridgehead atoms. The van der Waals surface area contributed by atoms with E-state index in [1.807, 2.05) is 14.0 Å². The second-order valence-electron chi connectivity index (χ2n) is 4.67. The molecule has 0 aliphatic heterocycles. The summed E-state index contributed by atoms with van der Waals surface area (Å²) in [5, 5.41) is 4.35. The molecule has 0 amide bonds. The van der Waals surface area contributed by atoms with Crippen LogP contribution in [0.3, 0.4) is 0 Å². The van der Waals surface area contributed by atoms with Gasteiger partial charge in [0.15, 0.2) is 0 Å². The number of aromatic nitrogens is 2. The van der Waals surface area contributed by atoms with Crippen LogP contribution in [-0.4, -0.2) is 15.6 Å². The largest absolute Gasteiger partial charge is 0.299 e. The molecule has 0 saturated heterocycles. The average molecular weight is 339 g/mol. The summed E-state index contributed by atoms with van der Waals surface area (Å²) in [5.74, 6) is -0.361. The Labute approximate surface area is 125 Å². The summed E-state index contributed by atoms with van der Waals surface area (Å²) in [6.07, 6.45) is 1.15. The summed E-state index contributed by atoms with van der Waals surface area (Å²) in [6, 6.07) is 6.37. The number of aryl methyl sites for hydroxylation is 2. The number of hydrogen-bond donors (Lipinski definition) is 0. The smallest absolute Gasteiger partial charge is 0.143 e. The van der Waals surface area contributed by atoms with Gasteiger partial charge in [-0.3, -0.25) is 9.48 Å². The first-order valence-corrected chi connectivity index (χ1v) is 7.27. The Morgan fingerprint density at radius 3 is 2.65 bits per heavy atom. The predicted molar refractivity (Wildman–Crippen MR) is 79.1 cm³/mol. The molecule has 1 heterocycles. The SMILES string of the molecule is CCc1nn(C)c(CC(=O)Cc2ccccc2F)c1Br. The second-order valence-corrected chi connectivity index (χ2v) is 5.46. The number of rotatable bonds is 5. The summed E-state index contributed by atoms with van der Waals surface area (Å²) in [7, 11) is 1.82. The third-order valence-electron chi connectivity index (χ3n) is 3.21. The third kappa shape index (κ3) is 3.15. The van der Waals surface area contributed by atoms with Crippen LogP contribution in [-0.2, 0) is 31.1 Å². The maximum Gasteiger partial charge on any atom is 0.143 e. The van der Waals surface area contributed by atoms with Crippen molar-refractivity contribution in [3.8, 4) is 0 Å². The van der Waals surface area contributed by atoms with Crippen LogP contribution in [0.2, 0.25) is 0 Å². The van der Waals surface area contributed by atoms with E-state index in [1.54, 1.807) is 22.9 Å². The summed E-state index contributed by atoms with van der Waals surface area (Å²) in [4.78, 5) is 12.1. The molecule has 5 heteroatoms. The zero-order valence-corrected chi connectivity index (χ0v) is 13.1. The Balaban J connectivity index is 2.13. The molecule has 0 unspecified atom stereocenters. The van der Waals surface area contributed by atoms with E-state index < -0.39 is 0 Å². The molecule has 1 aromatic heterocycles. The molecular weight excluding hydrogens is 323 g/mol. The van der Waals surface area contributed by atoms with Crippen molar-refractivity contribution >= 4 is 21.7 Å². The van der Waals surface area contributed by atoms with Crippen molar-refractivity contribution in [2.45, 2.75) is 26.2 Å². The van der Waals surface area contributed by atoms with Crippen LogP contribution in [0.15, 0.2) is 28.7 Å². The Hall–Kier alpha value is -1.49. The lowest BCUT2D eigenvalue weighted by atomic mass is 10.0. The number of halogens is 2. The van der Waals surface area contributed by atoms with Crippen molar-refractivity contribution in [3.63, 3.8) is 0 Å². The zero-order chi connectivity index (χ0) is 14.7. The van der Waals surface area contributed by atoms with Crippen molar-refractivity contribution in [2.24, 2.45) is 7.05 Å². The van der Waals surface area contributed by atoms with Gasteiger partial charge in [0.2, 0.25) is 0 Å². The first kappa shape index (κ1) is 14.9. The monoisotopic (exact) mass is 338 g/mol. The van der Waals surface area contributed by atoms with Crippen molar-refractivity contribution in [3.05, 3.63) is 51.5 Å². The van der Waals surface area contributed by atoms with Crippen molar-refractivity contribution in [1.29, 1.82) is 0 Å². The molecule has 0 radical (unpaired) electrons. The van der Waals surface area contributed by atoms with Crippen LogP contribution in [0.5, 0.6) is 0 Å². The Morgan fingerprint density at radius 1 is 1.35 bits per heavy atom. The second kappa shape index (κ2) is 6.31. The van der Waals surface area contributed by atoms with E-state index in [2.05, 4.69) is 21.0 Å². The van der Waals surface area contributed by atoms with Crippen LogP contribution >= 0.6 is 15.9 Å². The first-order valence-electron chi connectivity index (χ1n) is 6.48. The number of carbonyl (C=O) groups is 1. The number of benzene rings is 1. The van der Waals surface area contributed by atoms with Gasteiger partial charge in [0.25, 0.3) is 0 Å². The Bertz CT molecular complexity index is 637. The number of hydrogen-bond acceptors (Lipinski definition) is 2. The van der Waals surface area contributed by atoms with Gasteiger partial charge >= 0.3 is 0 Å². The summed E-state index contributed by atoms with van der Waals surface area (Å²) in [5.41, 5.74) is 2.20. The molecule has 0 fully saturated rings. The summed E-state index contributed by atoms with van der Waals surface area (Å²) < 4.78 is 16.1. The fourth-order valence-electron chi connectivity index (χ4n) is 2.12. The van der Waals surface area contributed by atoms with E-state index in [-0.39, 0.29) is 24.4 Å². The molecule has 0 aliphatic carbocycles. The summed E-state index contributed by atoms with van der Waals surface area (Å²) >= 11 is 3.48.